The molecule has 1 aromatic carbocycles. The molecule has 0 fully saturated rings. The number of hydrogen-bond donors (Lipinski definition) is 3. The number of amides is 2. The molecule has 0 aliphatic carbocycles. The summed E-state index contributed by atoms with van der Waals surface area (Å²) in [6.45, 7) is 3.61. The first-order chi connectivity index (χ1) is 11.0. The van der Waals surface area contributed by atoms with E-state index in [9.17, 15) is 27.9 Å². The van der Waals surface area contributed by atoms with Gasteiger partial charge in [0.25, 0.3) is 5.91 Å². The lowest BCUT2D eigenvalue weighted by molar-refractivity contribution is -0.137. The smallest absolute Gasteiger partial charge is 0.378 e. The summed E-state index contributed by atoms with van der Waals surface area (Å²) in [4.78, 5) is 23.3. The number of allylic oxidation sites excluding steroid dienone is 1. The molecule has 0 saturated carbocycles. The largest absolute Gasteiger partial charge is 0.416 e. The van der Waals surface area contributed by atoms with Crippen molar-refractivity contribution in [2.45, 2.75) is 38.6 Å². The predicted molar refractivity (Wildman–Crippen MR) is 81.6 cm³/mol. The van der Waals surface area contributed by atoms with Crippen LogP contribution in [0.25, 0.3) is 0 Å². The minimum atomic E-state index is -4.51. The summed E-state index contributed by atoms with van der Waals surface area (Å²) in [7, 11) is 0. The van der Waals surface area contributed by atoms with Crippen LogP contribution in [0.2, 0.25) is 0 Å². The summed E-state index contributed by atoms with van der Waals surface area (Å²) in [5.41, 5.74) is 5.19. The average molecular weight is 344 g/mol. The Balaban J connectivity index is 2.82. The zero-order chi connectivity index (χ0) is 18.5. The molecule has 1 aromatic rings. The number of primary amides is 1. The Morgan fingerprint density at radius 3 is 2.21 bits per heavy atom. The van der Waals surface area contributed by atoms with Crippen molar-refractivity contribution in [3.8, 4) is 0 Å². The fourth-order valence-electron chi connectivity index (χ4n) is 1.86. The molecule has 4 N–H and O–H groups in total. The summed E-state index contributed by atoms with van der Waals surface area (Å²) in [6.07, 6.45) is -4.36. The minimum Gasteiger partial charge on any atom is -0.378 e. The number of aliphatic hydroxyl groups excluding tert-OH is 1. The molecule has 1 rings (SSSR count). The molecule has 8 heteroatoms. The maximum Gasteiger partial charge on any atom is 0.416 e. The van der Waals surface area contributed by atoms with Crippen molar-refractivity contribution in [3.63, 3.8) is 0 Å². The van der Waals surface area contributed by atoms with E-state index in [0.29, 0.717) is 0 Å². The summed E-state index contributed by atoms with van der Waals surface area (Å²) < 4.78 is 37.5. The lowest BCUT2D eigenvalue weighted by atomic mass is 10.0. The molecule has 2 amide bonds. The Hall–Kier alpha value is -2.35. The summed E-state index contributed by atoms with van der Waals surface area (Å²) in [6, 6.07) is 2.52. The number of nitrogens with two attached hydrogens (primary N) is 1. The van der Waals surface area contributed by atoms with Gasteiger partial charge in [0.15, 0.2) is 6.10 Å². The zero-order valence-electron chi connectivity index (χ0n) is 13.2. The zero-order valence-corrected chi connectivity index (χ0v) is 13.2. The lowest BCUT2D eigenvalue weighted by Crippen LogP contribution is -2.45. The van der Waals surface area contributed by atoms with E-state index >= 15 is 0 Å². The fourth-order valence-corrected chi connectivity index (χ4v) is 1.86. The maximum atomic E-state index is 12.5. The number of carbonyl (C=O) groups excluding carboxylic acids is 2. The summed E-state index contributed by atoms with van der Waals surface area (Å²) in [5.74, 6) is -1.69. The van der Waals surface area contributed by atoms with Gasteiger partial charge in [-0.05, 0) is 38.0 Å². The first-order valence-corrected chi connectivity index (χ1v) is 7.10. The van der Waals surface area contributed by atoms with Gasteiger partial charge in [-0.1, -0.05) is 23.8 Å². The van der Waals surface area contributed by atoms with Crippen LogP contribution in [0.4, 0.5) is 13.2 Å². The van der Waals surface area contributed by atoms with Crippen LogP contribution in [0.15, 0.2) is 35.9 Å². The molecule has 0 radical (unpaired) electrons. The van der Waals surface area contributed by atoms with Crippen molar-refractivity contribution in [3.05, 3.63) is 47.0 Å². The van der Waals surface area contributed by atoms with Crippen molar-refractivity contribution in [2.75, 3.05) is 0 Å². The molecule has 0 aliphatic heterocycles. The van der Waals surface area contributed by atoms with E-state index in [4.69, 9.17) is 5.73 Å². The molecule has 0 aliphatic rings. The monoisotopic (exact) mass is 344 g/mol. The highest BCUT2D eigenvalue weighted by Crippen LogP contribution is 2.29. The van der Waals surface area contributed by atoms with Crippen molar-refractivity contribution >= 4 is 11.8 Å². The van der Waals surface area contributed by atoms with Crippen LogP contribution < -0.4 is 11.1 Å². The molecular weight excluding hydrogens is 325 g/mol. The van der Waals surface area contributed by atoms with Gasteiger partial charge in [-0.15, -0.1) is 0 Å². The number of carbonyl (C=O) groups is 2. The van der Waals surface area contributed by atoms with Gasteiger partial charge in [0.2, 0.25) is 5.91 Å². The van der Waals surface area contributed by atoms with E-state index in [1.807, 2.05) is 0 Å². The molecule has 0 unspecified atom stereocenters. The number of alkyl halides is 3. The first-order valence-electron chi connectivity index (χ1n) is 7.10. The van der Waals surface area contributed by atoms with Crippen molar-refractivity contribution in [1.29, 1.82) is 0 Å². The Morgan fingerprint density at radius 1 is 1.25 bits per heavy atom. The van der Waals surface area contributed by atoms with E-state index in [1.165, 1.54) is 0 Å². The quantitative estimate of drug-likeness (QED) is 0.690. The number of benzene rings is 1. The Labute approximate surface area is 137 Å². The van der Waals surface area contributed by atoms with Crippen LogP contribution in [0.5, 0.6) is 0 Å². The summed E-state index contributed by atoms with van der Waals surface area (Å²) >= 11 is 0. The highest BCUT2D eigenvalue weighted by Gasteiger charge is 2.31. The van der Waals surface area contributed by atoms with Crippen LogP contribution in [0.3, 0.4) is 0 Å². The maximum absolute atomic E-state index is 12.5. The molecule has 0 spiro atoms. The summed E-state index contributed by atoms with van der Waals surface area (Å²) in [5, 5.41) is 12.2. The average Bonchev–Trinajstić information content (AvgIpc) is 2.49. The van der Waals surface area contributed by atoms with Crippen LogP contribution in [0, 0.1) is 0 Å². The Morgan fingerprint density at radius 2 is 1.79 bits per heavy atom. The van der Waals surface area contributed by atoms with Gasteiger partial charge in [-0.3, -0.25) is 9.59 Å². The topological polar surface area (TPSA) is 92.4 Å². The van der Waals surface area contributed by atoms with Gasteiger partial charge < -0.3 is 16.2 Å². The van der Waals surface area contributed by atoms with Gasteiger partial charge in [-0.25, -0.2) is 0 Å². The standard InChI is InChI=1S/C16H19F3N2O3/c1-9(2)3-8-12(14(20)23)21-15(24)13(22)10-4-6-11(7-5-10)16(17,18)19/h3-7,12-13,22H,8H2,1-2H3,(H2,20,23)(H,21,24)/t12-,13-/m0/s1. The van der Waals surface area contributed by atoms with Crippen LogP contribution >= 0.6 is 0 Å². The Kier molecular flexibility index (Phi) is 6.53. The second-order valence-electron chi connectivity index (χ2n) is 5.50. The number of hydrogen-bond acceptors (Lipinski definition) is 3. The van der Waals surface area contributed by atoms with E-state index in [-0.39, 0.29) is 12.0 Å². The fraction of sp³-hybridized carbons (Fsp3) is 0.375. The Bertz CT molecular complexity index is 620. The predicted octanol–water partition coefficient (Wildman–Crippen LogP) is 2.07. The van der Waals surface area contributed by atoms with E-state index in [0.717, 1.165) is 29.8 Å². The van der Waals surface area contributed by atoms with Gasteiger partial charge >= 0.3 is 6.18 Å². The molecule has 0 aromatic heterocycles. The molecule has 2 atom stereocenters. The lowest BCUT2D eigenvalue weighted by Gasteiger charge is -2.17. The highest BCUT2D eigenvalue weighted by atomic mass is 19.4. The van der Waals surface area contributed by atoms with Crippen molar-refractivity contribution in [1.82, 2.24) is 5.32 Å². The molecule has 0 heterocycles. The number of aliphatic hydroxyl groups is 1. The van der Waals surface area contributed by atoms with Gasteiger partial charge in [0.1, 0.15) is 6.04 Å². The van der Waals surface area contributed by atoms with E-state index in [2.05, 4.69) is 5.32 Å². The van der Waals surface area contributed by atoms with Crippen molar-refractivity contribution in [2.24, 2.45) is 5.73 Å². The third-order valence-corrected chi connectivity index (χ3v) is 3.22. The molecular formula is C16H19F3N2O3. The number of nitrogens with one attached hydrogen (secondary N) is 1. The first kappa shape index (κ1) is 19.7. The number of rotatable bonds is 6. The molecule has 5 nitrogen and oxygen atoms in total. The van der Waals surface area contributed by atoms with Crippen LogP contribution in [-0.4, -0.2) is 23.0 Å². The highest BCUT2D eigenvalue weighted by molar-refractivity contribution is 5.89. The van der Waals surface area contributed by atoms with Crippen LogP contribution in [0.1, 0.15) is 37.5 Å². The van der Waals surface area contributed by atoms with E-state index in [1.54, 1.807) is 19.9 Å². The molecule has 0 bridgehead atoms. The minimum absolute atomic E-state index is 0.0223. The van der Waals surface area contributed by atoms with Crippen molar-refractivity contribution < 1.29 is 27.9 Å². The van der Waals surface area contributed by atoms with Gasteiger partial charge in [0, 0.05) is 0 Å². The third kappa shape index (κ3) is 5.69. The van der Waals surface area contributed by atoms with Gasteiger partial charge in [-0.2, -0.15) is 13.2 Å². The second kappa shape index (κ2) is 7.96. The molecule has 24 heavy (non-hydrogen) atoms. The van der Waals surface area contributed by atoms with E-state index < -0.39 is 35.7 Å². The van der Waals surface area contributed by atoms with Gasteiger partial charge in [0.05, 0.1) is 5.56 Å². The second-order valence-corrected chi connectivity index (χ2v) is 5.50. The third-order valence-electron chi connectivity index (χ3n) is 3.22. The SMILES string of the molecule is CC(C)=CC[C@H](NC(=O)[C@@H](O)c1ccc(C(F)(F)F)cc1)C(N)=O. The number of halogens is 3. The normalized spacial score (nSPS) is 13.8. The molecule has 0 saturated heterocycles. The molecule has 132 valence electrons. The van der Waals surface area contributed by atoms with Crippen LogP contribution in [-0.2, 0) is 15.8 Å².